The minimum atomic E-state index is -0.211. The van der Waals surface area contributed by atoms with Crippen molar-refractivity contribution in [3.8, 4) is 0 Å². The molecule has 0 spiro atoms. The molecule has 124 valence electrons. The van der Waals surface area contributed by atoms with Gasteiger partial charge in [0.1, 0.15) is 0 Å². The van der Waals surface area contributed by atoms with Gasteiger partial charge in [0.25, 0.3) is 0 Å². The highest BCUT2D eigenvalue weighted by molar-refractivity contribution is 8.16. The van der Waals surface area contributed by atoms with Crippen LogP contribution in [0.3, 0.4) is 0 Å². The number of rotatable bonds is 12. The first-order chi connectivity index (χ1) is 10.8. The maximum absolute atomic E-state index is 12.2. The standard InChI is InChI=1S/C18H28O2S2/c1-3-5-10-14-21-18(22-15-11-6-4-2)20-17(19)16-12-8-7-9-13-16/h7-9,12-13,18H,3-6,10-11,14-15H2,1-2H3. The van der Waals surface area contributed by atoms with Gasteiger partial charge in [0.05, 0.1) is 5.56 Å². The number of esters is 1. The molecule has 0 radical (unpaired) electrons. The molecular weight excluding hydrogens is 312 g/mol. The lowest BCUT2D eigenvalue weighted by Gasteiger charge is -2.17. The van der Waals surface area contributed by atoms with Crippen molar-refractivity contribution in [2.45, 2.75) is 57.1 Å². The van der Waals surface area contributed by atoms with Gasteiger partial charge in [-0.05, 0) is 36.5 Å². The maximum Gasteiger partial charge on any atom is 0.339 e. The van der Waals surface area contributed by atoms with E-state index in [1.54, 1.807) is 23.5 Å². The van der Waals surface area contributed by atoms with E-state index >= 15 is 0 Å². The highest BCUT2D eigenvalue weighted by atomic mass is 32.2. The summed E-state index contributed by atoms with van der Waals surface area (Å²) in [5.41, 5.74) is 0.635. The van der Waals surface area contributed by atoms with Crippen molar-refractivity contribution in [1.29, 1.82) is 0 Å². The van der Waals surface area contributed by atoms with Crippen LogP contribution in [0.15, 0.2) is 30.3 Å². The van der Waals surface area contributed by atoms with Crippen molar-refractivity contribution in [2.24, 2.45) is 0 Å². The summed E-state index contributed by atoms with van der Waals surface area (Å²) in [6, 6.07) is 9.27. The number of benzene rings is 1. The zero-order valence-electron chi connectivity index (χ0n) is 13.8. The first-order valence-corrected chi connectivity index (χ1v) is 10.4. The van der Waals surface area contributed by atoms with Gasteiger partial charge >= 0.3 is 5.97 Å². The van der Waals surface area contributed by atoms with E-state index in [1.807, 2.05) is 30.3 Å². The molecular formula is C18H28O2S2. The molecule has 0 atom stereocenters. The second-order valence-corrected chi connectivity index (χ2v) is 7.85. The molecule has 2 nitrogen and oxygen atoms in total. The average molecular weight is 341 g/mol. The molecule has 22 heavy (non-hydrogen) atoms. The molecule has 0 bridgehead atoms. The fourth-order valence-corrected chi connectivity index (χ4v) is 4.31. The van der Waals surface area contributed by atoms with E-state index in [1.165, 1.54) is 38.5 Å². The number of hydrogen-bond acceptors (Lipinski definition) is 4. The van der Waals surface area contributed by atoms with Crippen molar-refractivity contribution in [3.63, 3.8) is 0 Å². The molecule has 0 amide bonds. The van der Waals surface area contributed by atoms with Crippen molar-refractivity contribution < 1.29 is 9.53 Å². The Morgan fingerprint density at radius 3 is 2.00 bits per heavy atom. The van der Waals surface area contributed by atoms with E-state index in [2.05, 4.69) is 13.8 Å². The van der Waals surface area contributed by atoms with Crippen molar-refractivity contribution in [2.75, 3.05) is 11.5 Å². The third-order valence-electron chi connectivity index (χ3n) is 3.22. The zero-order chi connectivity index (χ0) is 16.0. The number of carbonyl (C=O) groups is 1. The van der Waals surface area contributed by atoms with Gasteiger partial charge in [0.15, 0.2) is 4.77 Å². The van der Waals surface area contributed by atoms with Gasteiger partial charge in [-0.2, -0.15) is 0 Å². The Bertz CT molecular complexity index is 383. The van der Waals surface area contributed by atoms with Crippen LogP contribution in [0, 0.1) is 0 Å². The van der Waals surface area contributed by atoms with Gasteiger partial charge < -0.3 is 4.74 Å². The molecule has 0 aliphatic rings. The topological polar surface area (TPSA) is 26.3 Å². The quantitative estimate of drug-likeness (QED) is 0.266. The van der Waals surface area contributed by atoms with E-state index in [0.29, 0.717) is 5.56 Å². The maximum atomic E-state index is 12.2. The summed E-state index contributed by atoms with van der Waals surface area (Å²) in [4.78, 5) is 12.2. The van der Waals surface area contributed by atoms with Crippen molar-refractivity contribution >= 4 is 29.5 Å². The lowest BCUT2D eigenvalue weighted by molar-refractivity contribution is 0.0549. The number of unbranched alkanes of at least 4 members (excludes halogenated alkanes) is 4. The predicted molar refractivity (Wildman–Crippen MR) is 99.6 cm³/mol. The first kappa shape index (κ1) is 19.4. The summed E-state index contributed by atoms with van der Waals surface area (Å²) in [5, 5.41) is 0. The molecule has 0 unspecified atom stereocenters. The van der Waals surface area contributed by atoms with Gasteiger partial charge in [0.2, 0.25) is 0 Å². The second kappa shape index (κ2) is 12.9. The molecule has 0 saturated carbocycles. The van der Waals surface area contributed by atoms with Crippen LogP contribution in [-0.4, -0.2) is 22.2 Å². The largest absolute Gasteiger partial charge is 0.437 e. The molecule has 4 heteroatoms. The molecule has 0 N–H and O–H groups in total. The molecule has 0 saturated heterocycles. The highest BCUT2D eigenvalue weighted by Gasteiger charge is 2.16. The fraction of sp³-hybridized carbons (Fsp3) is 0.611. The summed E-state index contributed by atoms with van der Waals surface area (Å²) in [6.07, 6.45) is 7.31. The molecule has 1 rings (SSSR count). The van der Waals surface area contributed by atoms with Gasteiger partial charge in [-0.25, -0.2) is 4.79 Å². The number of thioether (sulfide) groups is 2. The molecule has 0 heterocycles. The third kappa shape index (κ3) is 8.74. The first-order valence-electron chi connectivity index (χ1n) is 8.27. The van der Waals surface area contributed by atoms with E-state index in [4.69, 9.17) is 4.74 Å². The molecule has 1 aromatic rings. The van der Waals surface area contributed by atoms with Gasteiger partial charge in [0, 0.05) is 0 Å². The second-order valence-electron chi connectivity index (χ2n) is 5.22. The lowest BCUT2D eigenvalue weighted by atomic mass is 10.2. The van der Waals surface area contributed by atoms with Gasteiger partial charge in [-0.3, -0.25) is 0 Å². The Kier molecular flexibility index (Phi) is 11.4. The average Bonchev–Trinajstić information content (AvgIpc) is 2.56. The number of ether oxygens (including phenoxy) is 1. The highest BCUT2D eigenvalue weighted by Crippen LogP contribution is 2.28. The Morgan fingerprint density at radius 1 is 0.955 bits per heavy atom. The Morgan fingerprint density at radius 2 is 1.50 bits per heavy atom. The van der Waals surface area contributed by atoms with Crippen LogP contribution in [0.25, 0.3) is 0 Å². The monoisotopic (exact) mass is 340 g/mol. The van der Waals surface area contributed by atoms with Crippen molar-refractivity contribution in [3.05, 3.63) is 35.9 Å². The van der Waals surface area contributed by atoms with Gasteiger partial charge in [-0.15, -0.1) is 23.5 Å². The Labute approximate surface area is 143 Å². The van der Waals surface area contributed by atoms with Gasteiger partial charge in [-0.1, -0.05) is 57.7 Å². The van der Waals surface area contributed by atoms with Crippen LogP contribution < -0.4 is 0 Å². The predicted octanol–water partition coefficient (Wildman–Crippen LogP) is 5.97. The van der Waals surface area contributed by atoms with Crippen LogP contribution in [0.5, 0.6) is 0 Å². The van der Waals surface area contributed by atoms with E-state index in [0.717, 1.165) is 11.5 Å². The smallest absolute Gasteiger partial charge is 0.339 e. The fourth-order valence-electron chi connectivity index (χ4n) is 1.91. The minimum absolute atomic E-state index is 0.0820. The molecule has 0 fully saturated rings. The van der Waals surface area contributed by atoms with Crippen LogP contribution in [-0.2, 0) is 4.74 Å². The van der Waals surface area contributed by atoms with Crippen LogP contribution in [0.4, 0.5) is 0 Å². The van der Waals surface area contributed by atoms with Crippen LogP contribution in [0.2, 0.25) is 0 Å². The van der Waals surface area contributed by atoms with E-state index in [-0.39, 0.29) is 10.7 Å². The van der Waals surface area contributed by atoms with Crippen molar-refractivity contribution in [1.82, 2.24) is 0 Å². The Hall–Kier alpha value is -0.610. The van der Waals surface area contributed by atoms with E-state index < -0.39 is 0 Å². The summed E-state index contributed by atoms with van der Waals surface area (Å²) in [5.74, 6) is 1.90. The summed E-state index contributed by atoms with van der Waals surface area (Å²) >= 11 is 3.52. The Balaban J connectivity index is 2.43. The van der Waals surface area contributed by atoms with Crippen LogP contribution in [0.1, 0.15) is 62.7 Å². The summed E-state index contributed by atoms with van der Waals surface area (Å²) in [7, 11) is 0. The lowest BCUT2D eigenvalue weighted by Crippen LogP contribution is -2.13. The third-order valence-corrected chi connectivity index (χ3v) is 5.82. The van der Waals surface area contributed by atoms with E-state index in [9.17, 15) is 4.79 Å². The molecule has 0 aliphatic carbocycles. The molecule has 0 aliphatic heterocycles. The normalized spacial score (nSPS) is 10.9. The number of carbonyl (C=O) groups excluding carboxylic acids is 1. The SMILES string of the molecule is CCCCCSC(OC(=O)c1ccccc1)SCCCCC. The number of hydrogen-bond donors (Lipinski definition) is 0. The zero-order valence-corrected chi connectivity index (χ0v) is 15.4. The summed E-state index contributed by atoms with van der Waals surface area (Å²) in [6.45, 7) is 4.41. The van der Waals surface area contributed by atoms with Crippen LogP contribution >= 0.6 is 23.5 Å². The molecule has 1 aromatic carbocycles. The minimum Gasteiger partial charge on any atom is -0.437 e. The molecule has 0 aromatic heterocycles. The summed E-state index contributed by atoms with van der Waals surface area (Å²) < 4.78 is 5.60.